The molecule has 2 N–H and O–H groups in total. The molecule has 2 heterocycles. The summed E-state index contributed by atoms with van der Waals surface area (Å²) in [4.78, 5) is 8.55. The summed E-state index contributed by atoms with van der Waals surface area (Å²) in [6, 6.07) is 9.43. The molecule has 1 aromatic carbocycles. The minimum Gasteiger partial charge on any atom is -0.339 e. The van der Waals surface area contributed by atoms with E-state index < -0.39 is 0 Å². The maximum absolute atomic E-state index is 6.17. The number of nitrogens with zero attached hydrogens (tertiary/aromatic N) is 3. The molecule has 0 aliphatic rings. The average Bonchev–Trinajstić information content (AvgIpc) is 2.95. The van der Waals surface area contributed by atoms with Crippen molar-refractivity contribution in [1.29, 1.82) is 0 Å². The van der Waals surface area contributed by atoms with Gasteiger partial charge in [0.1, 0.15) is 0 Å². The SMILES string of the molecule is CCc1nc(C(N)c2ccc3ncccc3c2)no1. The minimum atomic E-state index is -0.381. The Morgan fingerprint density at radius 2 is 2.21 bits per heavy atom. The van der Waals surface area contributed by atoms with E-state index in [2.05, 4.69) is 15.1 Å². The highest BCUT2D eigenvalue weighted by molar-refractivity contribution is 5.79. The second-order valence-corrected chi connectivity index (χ2v) is 4.33. The molecule has 0 radical (unpaired) electrons. The van der Waals surface area contributed by atoms with Crippen LogP contribution in [0.25, 0.3) is 10.9 Å². The van der Waals surface area contributed by atoms with E-state index in [-0.39, 0.29) is 6.04 Å². The fraction of sp³-hybridized carbons (Fsp3) is 0.214. The summed E-state index contributed by atoms with van der Waals surface area (Å²) in [5.41, 5.74) is 8.06. The van der Waals surface area contributed by atoms with Crippen LogP contribution in [0.3, 0.4) is 0 Å². The molecule has 5 nitrogen and oxygen atoms in total. The highest BCUT2D eigenvalue weighted by Crippen LogP contribution is 2.21. The Bertz CT molecular complexity index is 707. The lowest BCUT2D eigenvalue weighted by molar-refractivity contribution is 0.375. The van der Waals surface area contributed by atoms with Gasteiger partial charge in [-0.2, -0.15) is 4.98 Å². The molecule has 3 rings (SSSR count). The Balaban J connectivity index is 1.98. The maximum Gasteiger partial charge on any atom is 0.226 e. The van der Waals surface area contributed by atoms with Crippen molar-refractivity contribution in [3.63, 3.8) is 0 Å². The molecule has 1 atom stereocenters. The quantitative estimate of drug-likeness (QED) is 0.775. The topological polar surface area (TPSA) is 77.8 Å². The van der Waals surface area contributed by atoms with Gasteiger partial charge in [0.25, 0.3) is 0 Å². The van der Waals surface area contributed by atoms with Crippen molar-refractivity contribution >= 4 is 10.9 Å². The number of hydrogen-bond donors (Lipinski definition) is 1. The second-order valence-electron chi connectivity index (χ2n) is 4.33. The van der Waals surface area contributed by atoms with Crippen molar-refractivity contribution in [2.24, 2.45) is 5.73 Å². The van der Waals surface area contributed by atoms with E-state index in [0.29, 0.717) is 18.1 Å². The van der Waals surface area contributed by atoms with Crippen LogP contribution in [0.1, 0.15) is 30.2 Å². The monoisotopic (exact) mass is 254 g/mol. The fourth-order valence-corrected chi connectivity index (χ4v) is 1.97. The van der Waals surface area contributed by atoms with E-state index in [9.17, 15) is 0 Å². The molecule has 0 aliphatic carbocycles. The van der Waals surface area contributed by atoms with Crippen LogP contribution in [-0.2, 0) is 6.42 Å². The van der Waals surface area contributed by atoms with Crippen molar-refractivity contribution in [3.8, 4) is 0 Å². The van der Waals surface area contributed by atoms with Gasteiger partial charge in [-0.15, -0.1) is 0 Å². The summed E-state index contributed by atoms with van der Waals surface area (Å²) in [5, 5.41) is 4.97. The number of fused-ring (bicyclic) bond motifs is 1. The molecular formula is C14H14N4O. The molecule has 0 spiro atoms. The van der Waals surface area contributed by atoms with Crippen LogP contribution in [-0.4, -0.2) is 15.1 Å². The van der Waals surface area contributed by atoms with Crippen LogP contribution in [0, 0.1) is 0 Å². The lowest BCUT2D eigenvalue weighted by Crippen LogP contribution is -2.13. The third kappa shape index (κ3) is 2.20. The highest BCUT2D eigenvalue weighted by Gasteiger charge is 2.16. The molecule has 0 bridgehead atoms. The Labute approximate surface area is 110 Å². The Morgan fingerprint density at radius 3 is 3.00 bits per heavy atom. The molecule has 2 aromatic heterocycles. The van der Waals surface area contributed by atoms with Gasteiger partial charge in [-0.05, 0) is 23.8 Å². The lowest BCUT2D eigenvalue weighted by atomic mass is 10.0. The summed E-state index contributed by atoms with van der Waals surface area (Å²) in [7, 11) is 0. The average molecular weight is 254 g/mol. The van der Waals surface area contributed by atoms with Gasteiger partial charge in [-0.25, -0.2) is 0 Å². The molecular weight excluding hydrogens is 240 g/mol. The summed E-state index contributed by atoms with van der Waals surface area (Å²) in [5.74, 6) is 1.12. The number of nitrogens with two attached hydrogens (primary N) is 1. The van der Waals surface area contributed by atoms with Crippen molar-refractivity contribution in [1.82, 2.24) is 15.1 Å². The molecule has 0 saturated carbocycles. The van der Waals surface area contributed by atoms with Gasteiger partial charge in [0.05, 0.1) is 11.6 Å². The third-order valence-corrected chi connectivity index (χ3v) is 3.05. The van der Waals surface area contributed by atoms with Gasteiger partial charge in [0, 0.05) is 18.0 Å². The highest BCUT2D eigenvalue weighted by atomic mass is 16.5. The zero-order chi connectivity index (χ0) is 13.2. The van der Waals surface area contributed by atoms with Gasteiger partial charge < -0.3 is 10.3 Å². The normalized spacial score (nSPS) is 12.7. The van der Waals surface area contributed by atoms with Crippen molar-refractivity contribution in [3.05, 3.63) is 53.8 Å². The van der Waals surface area contributed by atoms with E-state index in [0.717, 1.165) is 16.5 Å². The second kappa shape index (κ2) is 4.78. The molecule has 0 amide bonds. The number of rotatable bonds is 3. The molecule has 0 saturated heterocycles. The molecule has 0 aliphatic heterocycles. The fourth-order valence-electron chi connectivity index (χ4n) is 1.97. The molecule has 0 fully saturated rings. The van der Waals surface area contributed by atoms with Gasteiger partial charge >= 0.3 is 0 Å². The maximum atomic E-state index is 6.17. The number of benzene rings is 1. The van der Waals surface area contributed by atoms with E-state index in [1.54, 1.807) is 6.20 Å². The molecule has 19 heavy (non-hydrogen) atoms. The Kier molecular flexibility index (Phi) is 2.97. The van der Waals surface area contributed by atoms with Crippen molar-refractivity contribution < 1.29 is 4.52 Å². The molecule has 96 valence electrons. The van der Waals surface area contributed by atoms with Gasteiger partial charge in [0.2, 0.25) is 5.89 Å². The van der Waals surface area contributed by atoms with Crippen LogP contribution >= 0.6 is 0 Å². The zero-order valence-corrected chi connectivity index (χ0v) is 10.6. The first kappa shape index (κ1) is 11.8. The summed E-state index contributed by atoms with van der Waals surface area (Å²) in [6.07, 6.45) is 2.48. The minimum absolute atomic E-state index is 0.381. The molecule has 5 heteroatoms. The first-order chi connectivity index (χ1) is 9.28. The number of aryl methyl sites for hydroxylation is 1. The predicted molar refractivity (Wildman–Crippen MR) is 71.4 cm³/mol. The number of pyridine rings is 1. The summed E-state index contributed by atoms with van der Waals surface area (Å²) < 4.78 is 5.09. The summed E-state index contributed by atoms with van der Waals surface area (Å²) >= 11 is 0. The Hall–Kier alpha value is -2.27. The van der Waals surface area contributed by atoms with E-state index in [1.807, 2.05) is 37.3 Å². The van der Waals surface area contributed by atoms with Crippen LogP contribution in [0.2, 0.25) is 0 Å². The first-order valence-electron chi connectivity index (χ1n) is 6.20. The third-order valence-electron chi connectivity index (χ3n) is 3.05. The van der Waals surface area contributed by atoms with E-state index in [4.69, 9.17) is 10.3 Å². The van der Waals surface area contributed by atoms with Crippen LogP contribution < -0.4 is 5.73 Å². The van der Waals surface area contributed by atoms with Crippen molar-refractivity contribution in [2.75, 3.05) is 0 Å². The van der Waals surface area contributed by atoms with Crippen molar-refractivity contribution in [2.45, 2.75) is 19.4 Å². The van der Waals surface area contributed by atoms with Gasteiger partial charge in [-0.1, -0.05) is 24.2 Å². The lowest BCUT2D eigenvalue weighted by Gasteiger charge is -2.08. The smallest absolute Gasteiger partial charge is 0.226 e. The zero-order valence-electron chi connectivity index (χ0n) is 10.6. The van der Waals surface area contributed by atoms with Crippen LogP contribution in [0.5, 0.6) is 0 Å². The first-order valence-corrected chi connectivity index (χ1v) is 6.20. The predicted octanol–water partition coefficient (Wildman–Crippen LogP) is 2.23. The van der Waals surface area contributed by atoms with Gasteiger partial charge in [0.15, 0.2) is 5.82 Å². The Morgan fingerprint density at radius 1 is 1.32 bits per heavy atom. The molecule has 1 unspecified atom stereocenters. The number of aromatic nitrogens is 3. The van der Waals surface area contributed by atoms with Gasteiger partial charge in [-0.3, -0.25) is 4.98 Å². The largest absolute Gasteiger partial charge is 0.339 e. The number of hydrogen-bond acceptors (Lipinski definition) is 5. The van der Waals surface area contributed by atoms with E-state index in [1.165, 1.54) is 0 Å². The standard InChI is InChI=1S/C14H14N4O/c1-2-12-17-14(18-19-12)13(15)10-5-6-11-9(8-10)4-3-7-16-11/h3-8,13H,2,15H2,1H3. The summed E-state index contributed by atoms with van der Waals surface area (Å²) in [6.45, 7) is 1.96. The van der Waals surface area contributed by atoms with Crippen LogP contribution in [0.15, 0.2) is 41.1 Å². The van der Waals surface area contributed by atoms with E-state index >= 15 is 0 Å². The molecule has 3 aromatic rings. The van der Waals surface area contributed by atoms with Crippen LogP contribution in [0.4, 0.5) is 0 Å².